The number of nitrogens with zero attached hydrogens (tertiary/aromatic N) is 2. The Hall–Kier alpha value is -1.45. The van der Waals surface area contributed by atoms with E-state index >= 15 is 0 Å². The predicted molar refractivity (Wildman–Crippen MR) is 77.9 cm³/mol. The number of carbonyl (C=O) groups is 1. The number of sulfonamides is 1. The van der Waals surface area contributed by atoms with Crippen LogP contribution in [0.2, 0.25) is 0 Å². The molecule has 1 aromatic heterocycles. The topological polar surface area (TPSA) is 104 Å². The first-order chi connectivity index (χ1) is 10.5. The lowest BCUT2D eigenvalue weighted by Crippen LogP contribution is -2.39. The van der Waals surface area contributed by atoms with Gasteiger partial charge >= 0.3 is 5.97 Å². The molecule has 2 fully saturated rings. The highest BCUT2D eigenvalue weighted by molar-refractivity contribution is 7.89. The van der Waals surface area contributed by atoms with E-state index < -0.39 is 16.0 Å². The molecule has 2 aliphatic rings. The molecule has 3 rings (SSSR count). The number of nitrogens with one attached hydrogen (secondary N) is 2. The summed E-state index contributed by atoms with van der Waals surface area (Å²) in [4.78, 5) is 11.9. The molecule has 22 heavy (non-hydrogen) atoms. The second kappa shape index (κ2) is 5.98. The monoisotopic (exact) mass is 328 g/mol. The molecule has 2 saturated heterocycles. The van der Waals surface area contributed by atoms with Crippen LogP contribution in [0.5, 0.6) is 0 Å². The van der Waals surface area contributed by atoms with Gasteiger partial charge in [-0.25, -0.2) is 13.2 Å². The third kappa shape index (κ3) is 2.75. The molecule has 2 atom stereocenters. The minimum absolute atomic E-state index is 0.0378. The standard InChI is InChI=1S/C13H20N4O4S/c1-2-21-13(18)11-7-14-16-12(11)22(19,20)17-6-5-9-3-4-10(8-17)15-9/h7,9-10,15H,2-6,8H2,1H3,(H,14,16). The van der Waals surface area contributed by atoms with Crippen LogP contribution in [-0.4, -0.2) is 60.7 Å². The predicted octanol–water partition coefficient (Wildman–Crippen LogP) is 0.101. The number of fused-ring (bicyclic) bond motifs is 2. The van der Waals surface area contributed by atoms with E-state index in [0.717, 1.165) is 19.3 Å². The SMILES string of the molecule is CCOC(=O)c1cn[nH]c1S(=O)(=O)N1CCC2CCC(C1)N2. The lowest BCUT2D eigenvalue weighted by atomic mass is 10.1. The number of aromatic nitrogens is 2. The molecule has 0 spiro atoms. The van der Waals surface area contributed by atoms with Crippen LogP contribution in [0.1, 0.15) is 36.5 Å². The van der Waals surface area contributed by atoms with Crippen molar-refractivity contribution < 1.29 is 17.9 Å². The molecular weight excluding hydrogens is 308 g/mol. The van der Waals surface area contributed by atoms with Gasteiger partial charge in [0.2, 0.25) is 0 Å². The summed E-state index contributed by atoms with van der Waals surface area (Å²) in [7, 11) is -3.78. The molecule has 2 aliphatic heterocycles. The molecule has 0 radical (unpaired) electrons. The van der Waals surface area contributed by atoms with Gasteiger partial charge in [-0.3, -0.25) is 5.10 Å². The first kappa shape index (κ1) is 15.4. The first-order valence-corrected chi connectivity index (χ1v) is 8.93. The number of carbonyl (C=O) groups excluding carboxylic acids is 1. The molecular formula is C13H20N4O4S. The smallest absolute Gasteiger partial charge is 0.342 e. The number of hydrogen-bond donors (Lipinski definition) is 2. The maximum atomic E-state index is 12.8. The molecule has 2 unspecified atom stereocenters. The molecule has 2 bridgehead atoms. The van der Waals surface area contributed by atoms with Crippen molar-refractivity contribution in [2.24, 2.45) is 0 Å². The van der Waals surface area contributed by atoms with Crippen LogP contribution < -0.4 is 5.32 Å². The Balaban J connectivity index is 1.87. The lowest BCUT2D eigenvalue weighted by molar-refractivity contribution is 0.0521. The fourth-order valence-corrected chi connectivity index (χ4v) is 4.65. The number of H-pyrrole nitrogens is 1. The Morgan fingerprint density at radius 1 is 1.41 bits per heavy atom. The maximum Gasteiger partial charge on any atom is 0.342 e. The van der Waals surface area contributed by atoms with E-state index in [-0.39, 0.29) is 23.2 Å². The molecule has 8 nitrogen and oxygen atoms in total. The van der Waals surface area contributed by atoms with Crippen molar-refractivity contribution in [1.82, 2.24) is 19.8 Å². The van der Waals surface area contributed by atoms with Crippen molar-refractivity contribution in [2.45, 2.75) is 43.3 Å². The second-order valence-corrected chi connectivity index (χ2v) is 7.50. The molecule has 0 aromatic carbocycles. The van der Waals surface area contributed by atoms with E-state index in [0.29, 0.717) is 19.1 Å². The molecule has 0 saturated carbocycles. The van der Waals surface area contributed by atoms with Gasteiger partial charge in [0.15, 0.2) is 5.03 Å². The lowest BCUT2D eigenvalue weighted by Gasteiger charge is -2.23. The maximum absolute atomic E-state index is 12.8. The van der Waals surface area contributed by atoms with E-state index in [9.17, 15) is 13.2 Å². The number of aromatic amines is 1. The highest BCUT2D eigenvalue weighted by Gasteiger charge is 2.37. The minimum atomic E-state index is -3.78. The normalized spacial score (nSPS) is 25.9. The molecule has 3 heterocycles. The Bertz CT molecular complexity index is 657. The summed E-state index contributed by atoms with van der Waals surface area (Å²) >= 11 is 0. The molecule has 0 amide bonds. The van der Waals surface area contributed by atoms with Crippen LogP contribution in [-0.2, 0) is 14.8 Å². The van der Waals surface area contributed by atoms with Crippen molar-refractivity contribution in [3.63, 3.8) is 0 Å². The van der Waals surface area contributed by atoms with Gasteiger partial charge in [0.1, 0.15) is 5.56 Å². The molecule has 0 aliphatic carbocycles. The summed E-state index contributed by atoms with van der Waals surface area (Å²) < 4.78 is 32.0. The number of hydrogen-bond acceptors (Lipinski definition) is 6. The van der Waals surface area contributed by atoms with E-state index in [2.05, 4.69) is 15.5 Å². The van der Waals surface area contributed by atoms with Crippen molar-refractivity contribution in [2.75, 3.05) is 19.7 Å². The summed E-state index contributed by atoms with van der Waals surface area (Å²) in [6.07, 6.45) is 4.05. The van der Waals surface area contributed by atoms with Gasteiger partial charge < -0.3 is 10.1 Å². The third-order valence-electron chi connectivity index (χ3n) is 4.18. The number of esters is 1. The number of rotatable bonds is 4. The van der Waals surface area contributed by atoms with Gasteiger partial charge in [-0.2, -0.15) is 9.40 Å². The van der Waals surface area contributed by atoms with Gasteiger partial charge in [0.25, 0.3) is 10.0 Å². The zero-order valence-corrected chi connectivity index (χ0v) is 13.2. The highest BCUT2D eigenvalue weighted by Crippen LogP contribution is 2.25. The van der Waals surface area contributed by atoms with Crippen LogP contribution in [0.25, 0.3) is 0 Å². The third-order valence-corrected chi connectivity index (χ3v) is 6.02. The van der Waals surface area contributed by atoms with Gasteiger partial charge in [0, 0.05) is 25.2 Å². The van der Waals surface area contributed by atoms with E-state index in [4.69, 9.17) is 4.74 Å². The Morgan fingerprint density at radius 3 is 2.95 bits per heavy atom. The van der Waals surface area contributed by atoms with E-state index in [1.54, 1.807) is 6.92 Å². The van der Waals surface area contributed by atoms with Crippen LogP contribution in [0.4, 0.5) is 0 Å². The first-order valence-electron chi connectivity index (χ1n) is 7.49. The molecule has 122 valence electrons. The van der Waals surface area contributed by atoms with Crippen molar-refractivity contribution in [3.8, 4) is 0 Å². The summed E-state index contributed by atoms with van der Waals surface area (Å²) in [5, 5.41) is 9.41. The van der Waals surface area contributed by atoms with Crippen molar-refractivity contribution >= 4 is 16.0 Å². The fraction of sp³-hybridized carbons (Fsp3) is 0.692. The number of ether oxygens (including phenoxy) is 1. The Labute approximate surface area is 129 Å². The average molecular weight is 328 g/mol. The Kier molecular flexibility index (Phi) is 4.20. The zero-order chi connectivity index (χ0) is 15.7. The van der Waals surface area contributed by atoms with Gasteiger partial charge in [-0.15, -0.1) is 0 Å². The van der Waals surface area contributed by atoms with Crippen LogP contribution in [0, 0.1) is 0 Å². The van der Waals surface area contributed by atoms with Crippen LogP contribution in [0.3, 0.4) is 0 Å². The Morgan fingerprint density at radius 2 is 2.18 bits per heavy atom. The van der Waals surface area contributed by atoms with E-state index in [1.807, 2.05) is 0 Å². The summed E-state index contributed by atoms with van der Waals surface area (Å²) in [6.45, 7) is 2.71. The largest absolute Gasteiger partial charge is 0.462 e. The molecule has 9 heteroatoms. The van der Waals surface area contributed by atoms with E-state index in [1.165, 1.54) is 10.5 Å². The van der Waals surface area contributed by atoms with Crippen molar-refractivity contribution in [3.05, 3.63) is 11.8 Å². The minimum Gasteiger partial charge on any atom is -0.462 e. The highest BCUT2D eigenvalue weighted by atomic mass is 32.2. The second-order valence-electron chi connectivity index (χ2n) is 5.62. The molecule has 2 N–H and O–H groups in total. The fourth-order valence-electron chi connectivity index (χ4n) is 3.08. The van der Waals surface area contributed by atoms with Crippen LogP contribution in [0.15, 0.2) is 11.2 Å². The zero-order valence-electron chi connectivity index (χ0n) is 12.4. The van der Waals surface area contributed by atoms with Gasteiger partial charge in [0.05, 0.1) is 12.8 Å². The summed E-state index contributed by atoms with van der Waals surface area (Å²) in [5.41, 5.74) is -0.0378. The quantitative estimate of drug-likeness (QED) is 0.760. The van der Waals surface area contributed by atoms with Gasteiger partial charge in [-0.05, 0) is 26.2 Å². The van der Waals surface area contributed by atoms with Crippen LogP contribution >= 0.6 is 0 Å². The van der Waals surface area contributed by atoms with Crippen molar-refractivity contribution in [1.29, 1.82) is 0 Å². The summed E-state index contributed by atoms with van der Waals surface area (Å²) in [5.74, 6) is -0.677. The summed E-state index contributed by atoms with van der Waals surface area (Å²) in [6, 6.07) is 0.563. The average Bonchev–Trinajstić information content (AvgIpc) is 3.05. The van der Waals surface area contributed by atoms with Gasteiger partial charge in [-0.1, -0.05) is 0 Å². The molecule has 1 aromatic rings.